The third kappa shape index (κ3) is 7.55. The molecule has 0 aliphatic heterocycles. The van der Waals surface area contributed by atoms with Crippen molar-refractivity contribution in [3.05, 3.63) is 12.7 Å². The molecule has 0 aromatic carbocycles. The van der Waals surface area contributed by atoms with E-state index >= 15 is 0 Å². The van der Waals surface area contributed by atoms with Gasteiger partial charge in [-0.15, -0.1) is 19.0 Å². The van der Waals surface area contributed by atoms with Gasteiger partial charge in [0.25, 0.3) is 0 Å². The minimum atomic E-state index is -4.37. The van der Waals surface area contributed by atoms with Gasteiger partial charge in [-0.05, 0) is 25.3 Å². The average molecular weight is 287 g/mol. The van der Waals surface area contributed by atoms with Crippen LogP contribution in [-0.2, 0) is 4.79 Å². The number of hydrogen-bond acceptors (Lipinski definition) is 2. The zero-order valence-electron chi connectivity index (χ0n) is 10.0. The lowest BCUT2D eigenvalue weighted by Crippen LogP contribution is -2.43. The van der Waals surface area contributed by atoms with Gasteiger partial charge < -0.3 is 10.2 Å². The first-order chi connectivity index (χ1) is 7.92. The van der Waals surface area contributed by atoms with Crippen LogP contribution in [0.25, 0.3) is 0 Å². The summed E-state index contributed by atoms with van der Waals surface area (Å²) in [5.41, 5.74) is 0. The molecule has 1 saturated carbocycles. The molecule has 0 saturated heterocycles. The molecule has 1 fully saturated rings. The highest BCUT2D eigenvalue weighted by Gasteiger charge is 2.32. The molecule has 1 N–H and O–H groups in total. The predicted molar refractivity (Wildman–Crippen MR) is 65.7 cm³/mol. The van der Waals surface area contributed by atoms with E-state index in [1.807, 2.05) is 0 Å². The zero-order valence-corrected chi connectivity index (χ0v) is 10.8. The van der Waals surface area contributed by atoms with Gasteiger partial charge in [-0.1, -0.05) is 6.08 Å². The molecule has 0 aromatic rings. The number of nitrogens with zero attached hydrogens (tertiary/aromatic N) is 1. The number of carbonyl (C=O) groups is 1. The Morgan fingerprint density at radius 3 is 2.50 bits per heavy atom. The van der Waals surface area contributed by atoms with Gasteiger partial charge in [-0.2, -0.15) is 13.2 Å². The van der Waals surface area contributed by atoms with Crippen molar-refractivity contribution in [3.63, 3.8) is 0 Å². The lowest BCUT2D eigenvalue weighted by atomic mass is 10.4. The number of nitrogens with one attached hydrogen (secondary N) is 1. The number of alkyl halides is 3. The molecular formula is C11H18ClF3N2O. The van der Waals surface area contributed by atoms with E-state index in [0.717, 1.165) is 17.7 Å². The third-order valence-corrected chi connectivity index (χ3v) is 2.48. The summed E-state index contributed by atoms with van der Waals surface area (Å²) < 4.78 is 36.6. The van der Waals surface area contributed by atoms with Crippen molar-refractivity contribution >= 4 is 18.3 Å². The van der Waals surface area contributed by atoms with E-state index < -0.39 is 18.6 Å². The molecule has 18 heavy (non-hydrogen) atoms. The Morgan fingerprint density at radius 2 is 2.06 bits per heavy atom. The highest BCUT2D eigenvalue weighted by molar-refractivity contribution is 5.85. The minimum absolute atomic E-state index is 0. The topological polar surface area (TPSA) is 32.3 Å². The van der Waals surface area contributed by atoms with Crippen LogP contribution >= 0.6 is 12.4 Å². The first-order valence-corrected chi connectivity index (χ1v) is 5.58. The fraction of sp³-hybridized carbons (Fsp3) is 0.727. The summed E-state index contributed by atoms with van der Waals surface area (Å²) in [7, 11) is 0. The van der Waals surface area contributed by atoms with E-state index in [2.05, 4.69) is 11.9 Å². The molecule has 0 atom stereocenters. The second-order valence-electron chi connectivity index (χ2n) is 4.25. The van der Waals surface area contributed by atoms with E-state index in [9.17, 15) is 18.0 Å². The van der Waals surface area contributed by atoms with Gasteiger partial charge in [0.05, 0.1) is 6.54 Å². The van der Waals surface area contributed by atoms with Crippen LogP contribution in [0.5, 0.6) is 0 Å². The fourth-order valence-electron chi connectivity index (χ4n) is 1.44. The van der Waals surface area contributed by atoms with Crippen molar-refractivity contribution in [1.82, 2.24) is 10.2 Å². The van der Waals surface area contributed by atoms with Crippen LogP contribution in [0.2, 0.25) is 0 Å². The normalized spacial score (nSPS) is 14.8. The Bertz CT molecular complexity index is 280. The summed E-state index contributed by atoms with van der Waals surface area (Å²) in [6.45, 7) is 2.72. The minimum Gasteiger partial charge on any atom is -0.329 e. The van der Waals surface area contributed by atoms with Crippen LogP contribution in [0.15, 0.2) is 12.7 Å². The maximum atomic E-state index is 12.2. The second-order valence-corrected chi connectivity index (χ2v) is 4.25. The molecule has 0 heterocycles. The lowest BCUT2D eigenvalue weighted by Gasteiger charge is -2.22. The molecule has 1 aliphatic carbocycles. The highest BCUT2D eigenvalue weighted by Crippen LogP contribution is 2.27. The number of hydrogen-bond donors (Lipinski definition) is 1. The number of halogens is 4. The van der Waals surface area contributed by atoms with Crippen molar-refractivity contribution in [3.8, 4) is 0 Å². The molecule has 3 nitrogen and oxygen atoms in total. The van der Waals surface area contributed by atoms with Gasteiger partial charge in [0.15, 0.2) is 0 Å². The SMILES string of the molecule is C=CCN(CC(F)(F)F)C(=O)CNCC1CC1.Cl. The molecule has 1 aliphatic rings. The zero-order chi connectivity index (χ0) is 12.9. The van der Waals surface area contributed by atoms with Crippen LogP contribution < -0.4 is 5.32 Å². The van der Waals surface area contributed by atoms with Crippen molar-refractivity contribution in [2.24, 2.45) is 5.92 Å². The van der Waals surface area contributed by atoms with Crippen molar-refractivity contribution in [2.45, 2.75) is 19.0 Å². The summed E-state index contributed by atoms with van der Waals surface area (Å²) in [6, 6.07) is 0. The highest BCUT2D eigenvalue weighted by atomic mass is 35.5. The smallest absolute Gasteiger partial charge is 0.329 e. The Hall–Kier alpha value is -0.750. The van der Waals surface area contributed by atoms with Crippen LogP contribution in [-0.4, -0.2) is 43.2 Å². The first kappa shape index (κ1) is 17.2. The van der Waals surface area contributed by atoms with Gasteiger partial charge in [0.2, 0.25) is 5.91 Å². The summed E-state index contributed by atoms with van der Waals surface area (Å²) >= 11 is 0. The van der Waals surface area contributed by atoms with Crippen LogP contribution in [0, 0.1) is 5.92 Å². The average Bonchev–Trinajstić information content (AvgIpc) is 2.99. The Morgan fingerprint density at radius 1 is 1.44 bits per heavy atom. The molecular weight excluding hydrogens is 269 g/mol. The predicted octanol–water partition coefficient (Wildman–Crippen LogP) is 1.98. The molecule has 0 unspecified atom stereocenters. The molecule has 0 bridgehead atoms. The first-order valence-electron chi connectivity index (χ1n) is 5.58. The summed E-state index contributed by atoms with van der Waals surface area (Å²) in [5, 5.41) is 2.88. The molecule has 0 radical (unpaired) electrons. The van der Waals surface area contributed by atoms with Gasteiger partial charge >= 0.3 is 6.18 Å². The summed E-state index contributed by atoms with van der Waals surface area (Å²) in [4.78, 5) is 12.3. The van der Waals surface area contributed by atoms with Gasteiger partial charge in [-0.25, -0.2) is 0 Å². The van der Waals surface area contributed by atoms with Gasteiger partial charge in [-0.3, -0.25) is 4.79 Å². The van der Waals surface area contributed by atoms with Gasteiger partial charge in [0.1, 0.15) is 6.54 Å². The van der Waals surface area contributed by atoms with Gasteiger partial charge in [0, 0.05) is 6.54 Å². The van der Waals surface area contributed by atoms with E-state index in [4.69, 9.17) is 0 Å². The Labute approximate surface area is 111 Å². The van der Waals surface area contributed by atoms with Crippen molar-refractivity contribution < 1.29 is 18.0 Å². The molecule has 0 spiro atoms. The number of amides is 1. The third-order valence-electron chi connectivity index (χ3n) is 2.48. The fourth-order valence-corrected chi connectivity index (χ4v) is 1.44. The van der Waals surface area contributed by atoms with Crippen LogP contribution in [0.3, 0.4) is 0 Å². The Kier molecular flexibility index (Phi) is 7.32. The van der Waals surface area contributed by atoms with Crippen LogP contribution in [0.4, 0.5) is 13.2 Å². The van der Waals surface area contributed by atoms with E-state index in [-0.39, 0.29) is 25.5 Å². The molecule has 106 valence electrons. The van der Waals surface area contributed by atoms with Crippen molar-refractivity contribution in [1.29, 1.82) is 0 Å². The Balaban J connectivity index is 0.00000289. The molecule has 1 amide bonds. The largest absolute Gasteiger partial charge is 0.406 e. The molecule has 0 aromatic heterocycles. The summed E-state index contributed by atoms with van der Waals surface area (Å²) in [5.74, 6) is 0.0566. The maximum absolute atomic E-state index is 12.2. The monoisotopic (exact) mass is 286 g/mol. The molecule has 1 rings (SSSR count). The van der Waals surface area contributed by atoms with E-state index in [0.29, 0.717) is 12.5 Å². The standard InChI is InChI=1S/C11H17F3N2O.ClH/c1-2-5-16(8-11(12,13)14)10(17)7-15-6-9-3-4-9;/h2,9,15H,1,3-8H2;1H. The van der Waals surface area contributed by atoms with E-state index in [1.165, 1.54) is 6.08 Å². The van der Waals surface area contributed by atoms with E-state index in [1.54, 1.807) is 0 Å². The number of rotatable bonds is 7. The van der Waals surface area contributed by atoms with Crippen molar-refractivity contribution in [2.75, 3.05) is 26.2 Å². The number of carbonyl (C=O) groups excluding carboxylic acids is 1. The second kappa shape index (κ2) is 7.63. The van der Waals surface area contributed by atoms with Crippen LogP contribution in [0.1, 0.15) is 12.8 Å². The lowest BCUT2D eigenvalue weighted by molar-refractivity contribution is -0.159. The summed E-state index contributed by atoms with van der Waals surface area (Å²) in [6.07, 6.45) is -0.792. The maximum Gasteiger partial charge on any atom is 0.406 e. The molecule has 7 heteroatoms. The quantitative estimate of drug-likeness (QED) is 0.726.